The Morgan fingerprint density at radius 3 is 2.89 bits per heavy atom. The van der Waals surface area contributed by atoms with Crippen molar-refractivity contribution in [2.45, 2.75) is 44.9 Å². The molecule has 108 valence electrons. The Morgan fingerprint density at radius 1 is 1.53 bits per heavy atom. The van der Waals surface area contributed by atoms with Crippen molar-refractivity contribution in [1.82, 2.24) is 14.7 Å². The Morgan fingerprint density at radius 2 is 2.32 bits per heavy atom. The van der Waals surface area contributed by atoms with E-state index in [0.717, 1.165) is 32.5 Å². The summed E-state index contributed by atoms with van der Waals surface area (Å²) in [5.41, 5.74) is 7.57. The SMILES string of the molecule is CCC1CN(C(c2cnn(C)c2)C(N)CC)CCO1. The van der Waals surface area contributed by atoms with Gasteiger partial charge in [-0.15, -0.1) is 0 Å². The predicted molar refractivity (Wildman–Crippen MR) is 75.8 cm³/mol. The molecule has 1 aliphatic heterocycles. The first-order valence-corrected chi connectivity index (χ1v) is 7.25. The van der Waals surface area contributed by atoms with Crippen LogP contribution in [0.5, 0.6) is 0 Å². The number of rotatable bonds is 5. The van der Waals surface area contributed by atoms with E-state index in [9.17, 15) is 0 Å². The Labute approximate surface area is 115 Å². The normalized spacial score (nSPS) is 24.3. The van der Waals surface area contributed by atoms with Gasteiger partial charge in [-0.05, 0) is 12.8 Å². The highest BCUT2D eigenvalue weighted by Gasteiger charge is 2.30. The molecule has 2 rings (SSSR count). The molecule has 1 saturated heterocycles. The quantitative estimate of drug-likeness (QED) is 0.873. The maximum atomic E-state index is 6.36. The lowest BCUT2D eigenvalue weighted by Crippen LogP contribution is -2.49. The second kappa shape index (κ2) is 6.50. The highest BCUT2D eigenvalue weighted by Crippen LogP contribution is 2.27. The molecular weight excluding hydrogens is 240 g/mol. The number of hydrogen-bond donors (Lipinski definition) is 1. The summed E-state index contributed by atoms with van der Waals surface area (Å²) in [4.78, 5) is 2.46. The lowest BCUT2D eigenvalue weighted by atomic mass is 9.98. The third-order valence-electron chi connectivity index (χ3n) is 3.96. The zero-order valence-corrected chi connectivity index (χ0v) is 12.2. The molecule has 0 saturated carbocycles. The van der Waals surface area contributed by atoms with Gasteiger partial charge in [0.15, 0.2) is 0 Å². The number of ether oxygens (including phenoxy) is 1. The molecule has 3 unspecified atom stereocenters. The highest BCUT2D eigenvalue weighted by atomic mass is 16.5. The van der Waals surface area contributed by atoms with Gasteiger partial charge in [-0.1, -0.05) is 13.8 Å². The van der Waals surface area contributed by atoms with Crippen LogP contribution in [-0.4, -0.2) is 46.5 Å². The Balaban J connectivity index is 2.17. The molecule has 1 aromatic rings. The number of morpholine rings is 1. The van der Waals surface area contributed by atoms with Gasteiger partial charge >= 0.3 is 0 Å². The number of aromatic nitrogens is 2. The summed E-state index contributed by atoms with van der Waals surface area (Å²) in [7, 11) is 1.95. The van der Waals surface area contributed by atoms with Crippen LogP contribution >= 0.6 is 0 Å². The summed E-state index contributed by atoms with van der Waals surface area (Å²) in [6, 6.07) is 0.386. The number of nitrogens with zero attached hydrogens (tertiary/aromatic N) is 3. The standard InChI is InChI=1S/C14H26N4O/c1-4-12-10-18(6-7-19-12)14(13(15)5-2)11-8-16-17(3)9-11/h8-9,12-14H,4-7,10,15H2,1-3H3. The van der Waals surface area contributed by atoms with E-state index in [-0.39, 0.29) is 12.1 Å². The first-order chi connectivity index (χ1) is 9.15. The van der Waals surface area contributed by atoms with Crippen LogP contribution in [0.1, 0.15) is 38.3 Å². The third-order valence-corrected chi connectivity index (χ3v) is 3.96. The van der Waals surface area contributed by atoms with Gasteiger partial charge in [0.25, 0.3) is 0 Å². The average molecular weight is 266 g/mol. The van der Waals surface area contributed by atoms with Crippen molar-refractivity contribution in [3.63, 3.8) is 0 Å². The van der Waals surface area contributed by atoms with Gasteiger partial charge in [0.05, 0.1) is 24.9 Å². The topological polar surface area (TPSA) is 56.3 Å². The van der Waals surface area contributed by atoms with Gasteiger partial charge in [0.1, 0.15) is 0 Å². The van der Waals surface area contributed by atoms with Crippen LogP contribution in [0, 0.1) is 0 Å². The molecule has 2 N–H and O–H groups in total. The summed E-state index contributed by atoms with van der Waals surface area (Å²) in [5.74, 6) is 0. The van der Waals surface area contributed by atoms with Crippen molar-refractivity contribution < 1.29 is 4.74 Å². The van der Waals surface area contributed by atoms with E-state index < -0.39 is 0 Å². The van der Waals surface area contributed by atoms with E-state index in [2.05, 4.69) is 30.0 Å². The molecule has 3 atom stereocenters. The van der Waals surface area contributed by atoms with E-state index in [1.165, 1.54) is 5.56 Å². The fraction of sp³-hybridized carbons (Fsp3) is 0.786. The summed E-state index contributed by atoms with van der Waals surface area (Å²) in [6.45, 7) is 7.03. The van der Waals surface area contributed by atoms with Crippen LogP contribution in [0.25, 0.3) is 0 Å². The summed E-state index contributed by atoms with van der Waals surface area (Å²) >= 11 is 0. The molecule has 1 aliphatic rings. The monoisotopic (exact) mass is 266 g/mol. The highest BCUT2D eigenvalue weighted by molar-refractivity contribution is 5.13. The van der Waals surface area contributed by atoms with Crippen molar-refractivity contribution in [1.29, 1.82) is 0 Å². The molecular formula is C14H26N4O. The fourth-order valence-corrected chi connectivity index (χ4v) is 2.79. The second-order valence-corrected chi connectivity index (χ2v) is 5.36. The van der Waals surface area contributed by atoms with Gasteiger partial charge in [0, 0.05) is 37.9 Å². The minimum atomic E-state index is 0.139. The van der Waals surface area contributed by atoms with Crippen molar-refractivity contribution in [2.24, 2.45) is 12.8 Å². The molecule has 2 heterocycles. The van der Waals surface area contributed by atoms with Gasteiger partial charge in [-0.25, -0.2) is 0 Å². The van der Waals surface area contributed by atoms with Crippen LogP contribution < -0.4 is 5.73 Å². The van der Waals surface area contributed by atoms with E-state index in [4.69, 9.17) is 10.5 Å². The fourth-order valence-electron chi connectivity index (χ4n) is 2.79. The largest absolute Gasteiger partial charge is 0.376 e. The zero-order chi connectivity index (χ0) is 13.8. The molecule has 5 heteroatoms. The van der Waals surface area contributed by atoms with Crippen molar-refractivity contribution in [3.05, 3.63) is 18.0 Å². The maximum Gasteiger partial charge on any atom is 0.0700 e. The zero-order valence-electron chi connectivity index (χ0n) is 12.2. The Hall–Kier alpha value is -0.910. The molecule has 0 spiro atoms. The lowest BCUT2D eigenvalue weighted by molar-refractivity contribution is -0.0486. The minimum Gasteiger partial charge on any atom is -0.376 e. The maximum absolute atomic E-state index is 6.36. The van der Waals surface area contributed by atoms with E-state index >= 15 is 0 Å². The first kappa shape index (κ1) is 14.5. The van der Waals surface area contributed by atoms with Crippen molar-refractivity contribution in [2.75, 3.05) is 19.7 Å². The van der Waals surface area contributed by atoms with Gasteiger partial charge < -0.3 is 10.5 Å². The molecule has 0 aliphatic carbocycles. The van der Waals surface area contributed by atoms with Gasteiger partial charge in [0.2, 0.25) is 0 Å². The number of aryl methyl sites for hydroxylation is 1. The Bertz CT molecular complexity index is 393. The van der Waals surface area contributed by atoms with Gasteiger partial charge in [-0.3, -0.25) is 9.58 Å². The predicted octanol–water partition coefficient (Wildman–Crippen LogP) is 1.31. The van der Waals surface area contributed by atoms with Crippen LogP contribution in [0.4, 0.5) is 0 Å². The first-order valence-electron chi connectivity index (χ1n) is 7.25. The molecule has 1 fully saturated rings. The summed E-state index contributed by atoms with van der Waals surface area (Å²) < 4.78 is 7.61. The summed E-state index contributed by atoms with van der Waals surface area (Å²) in [5, 5.41) is 4.29. The molecule has 1 aromatic heterocycles. The molecule has 5 nitrogen and oxygen atoms in total. The lowest BCUT2D eigenvalue weighted by Gasteiger charge is -2.40. The van der Waals surface area contributed by atoms with E-state index in [0.29, 0.717) is 6.10 Å². The van der Waals surface area contributed by atoms with Crippen LogP contribution in [0.15, 0.2) is 12.4 Å². The molecule has 0 bridgehead atoms. The van der Waals surface area contributed by atoms with E-state index in [1.54, 1.807) is 0 Å². The number of hydrogen-bond acceptors (Lipinski definition) is 4. The van der Waals surface area contributed by atoms with Crippen LogP contribution in [0.2, 0.25) is 0 Å². The summed E-state index contributed by atoms with van der Waals surface area (Å²) in [6.07, 6.45) is 6.37. The van der Waals surface area contributed by atoms with Gasteiger partial charge in [-0.2, -0.15) is 5.10 Å². The molecule has 19 heavy (non-hydrogen) atoms. The van der Waals surface area contributed by atoms with Crippen molar-refractivity contribution in [3.8, 4) is 0 Å². The second-order valence-electron chi connectivity index (χ2n) is 5.36. The minimum absolute atomic E-state index is 0.139. The Kier molecular flexibility index (Phi) is 4.96. The smallest absolute Gasteiger partial charge is 0.0700 e. The molecule has 0 aromatic carbocycles. The van der Waals surface area contributed by atoms with Crippen LogP contribution in [0.3, 0.4) is 0 Å². The van der Waals surface area contributed by atoms with E-state index in [1.807, 2.05) is 17.9 Å². The molecule has 0 amide bonds. The average Bonchev–Trinajstić information content (AvgIpc) is 2.85. The molecule has 0 radical (unpaired) electrons. The number of nitrogens with two attached hydrogens (primary N) is 1. The third kappa shape index (κ3) is 3.35. The van der Waals surface area contributed by atoms with Crippen LogP contribution in [-0.2, 0) is 11.8 Å². The van der Waals surface area contributed by atoms with Crippen molar-refractivity contribution >= 4 is 0 Å².